The van der Waals surface area contributed by atoms with E-state index in [1.807, 2.05) is 38.1 Å². The first-order valence-electron chi connectivity index (χ1n) is 9.33. The molecule has 1 heterocycles. The monoisotopic (exact) mass is 576 g/mol. The van der Waals surface area contributed by atoms with Crippen molar-refractivity contribution >= 4 is 61.2 Å². The molecule has 0 atom stereocenters. The smallest absolute Gasteiger partial charge is 0.255 e. The van der Waals surface area contributed by atoms with Crippen molar-refractivity contribution in [2.75, 3.05) is 5.32 Å². The first-order chi connectivity index (χ1) is 14.4. The number of halogens is 2. The van der Waals surface area contributed by atoms with Gasteiger partial charge in [-0.05, 0) is 113 Å². The summed E-state index contributed by atoms with van der Waals surface area (Å²) in [6.45, 7) is 3.92. The number of ether oxygens (including phenoxy) is 1. The van der Waals surface area contributed by atoms with E-state index in [1.54, 1.807) is 36.4 Å². The Balaban J connectivity index is 1.55. The molecule has 152 valence electrons. The lowest BCUT2D eigenvalue weighted by Gasteiger charge is -2.10. The number of nitrogens with one attached hydrogen (secondary N) is 1. The first-order valence-corrected chi connectivity index (χ1v) is 11.2. The van der Waals surface area contributed by atoms with Gasteiger partial charge in [0.1, 0.15) is 11.3 Å². The molecule has 4 aromatic rings. The number of carbonyl (C=O) groups is 1. The van der Waals surface area contributed by atoms with Crippen molar-refractivity contribution in [3.05, 3.63) is 74.3 Å². The van der Waals surface area contributed by atoms with E-state index < -0.39 is 0 Å². The van der Waals surface area contributed by atoms with Crippen LogP contribution in [0.2, 0.25) is 0 Å². The van der Waals surface area contributed by atoms with Crippen molar-refractivity contribution < 1.29 is 13.9 Å². The van der Waals surface area contributed by atoms with Crippen molar-refractivity contribution in [3.8, 4) is 17.2 Å². The molecule has 0 saturated carbocycles. The number of rotatable bonds is 5. The van der Waals surface area contributed by atoms with Gasteiger partial charge in [-0.25, -0.2) is 4.98 Å². The molecule has 0 bridgehead atoms. The van der Waals surface area contributed by atoms with Crippen molar-refractivity contribution in [2.24, 2.45) is 0 Å². The highest BCUT2D eigenvalue weighted by atomic mass is 127. The Morgan fingerprint density at radius 2 is 1.87 bits per heavy atom. The van der Waals surface area contributed by atoms with Gasteiger partial charge < -0.3 is 14.5 Å². The number of aromatic nitrogens is 1. The highest BCUT2D eigenvalue weighted by Crippen LogP contribution is 2.32. The number of oxazole rings is 1. The number of amides is 1. The molecular weight excluding hydrogens is 559 g/mol. The minimum absolute atomic E-state index is 0.0868. The number of nitrogens with zero attached hydrogens (tertiary/aromatic N) is 1. The molecule has 0 spiro atoms. The van der Waals surface area contributed by atoms with Crippen molar-refractivity contribution in [2.45, 2.75) is 20.0 Å². The summed E-state index contributed by atoms with van der Waals surface area (Å²) in [5.41, 5.74) is 3.41. The average Bonchev–Trinajstić information content (AvgIpc) is 3.13. The topological polar surface area (TPSA) is 64.4 Å². The summed E-state index contributed by atoms with van der Waals surface area (Å²) < 4.78 is 13.5. The summed E-state index contributed by atoms with van der Waals surface area (Å²) in [7, 11) is 0. The van der Waals surface area contributed by atoms with E-state index in [0.29, 0.717) is 28.2 Å². The summed E-state index contributed by atoms with van der Waals surface area (Å²) in [6.07, 6.45) is 0.0868. The summed E-state index contributed by atoms with van der Waals surface area (Å²) >= 11 is 5.80. The number of hydrogen-bond donors (Lipinski definition) is 1. The van der Waals surface area contributed by atoms with Crippen molar-refractivity contribution in [1.82, 2.24) is 4.98 Å². The van der Waals surface area contributed by atoms with Crippen LogP contribution in [-0.2, 0) is 0 Å². The molecule has 4 rings (SSSR count). The van der Waals surface area contributed by atoms with Gasteiger partial charge in [-0.15, -0.1) is 0 Å². The van der Waals surface area contributed by atoms with E-state index in [-0.39, 0.29) is 12.0 Å². The third-order valence-corrected chi connectivity index (χ3v) is 5.66. The molecule has 0 fully saturated rings. The van der Waals surface area contributed by atoms with Crippen LogP contribution in [-0.4, -0.2) is 17.0 Å². The molecule has 1 amide bonds. The number of fused-ring (bicyclic) bond motifs is 1. The maximum Gasteiger partial charge on any atom is 0.255 e. The molecule has 1 aromatic heterocycles. The zero-order valence-corrected chi connectivity index (χ0v) is 20.0. The minimum Gasteiger partial charge on any atom is -0.491 e. The fourth-order valence-electron chi connectivity index (χ4n) is 2.94. The molecule has 0 aliphatic rings. The van der Waals surface area contributed by atoms with E-state index >= 15 is 0 Å². The first kappa shape index (κ1) is 20.9. The zero-order chi connectivity index (χ0) is 21.3. The van der Waals surface area contributed by atoms with E-state index in [2.05, 4.69) is 48.8 Å². The number of carbonyl (C=O) groups excluding carboxylic acids is 1. The summed E-state index contributed by atoms with van der Waals surface area (Å²) in [5, 5.41) is 2.91. The minimum atomic E-state index is -0.200. The quantitative estimate of drug-likeness (QED) is 0.262. The Labute approximate surface area is 196 Å². The second-order valence-corrected chi connectivity index (χ2v) is 9.07. The average molecular weight is 577 g/mol. The standard InChI is InChI=1S/C23H18BrIN2O3/c1-13(2)29-17-7-3-14(4-8-17)22(28)26-16-6-10-21-20(12-16)27-23(30-21)18-11-15(25)5-9-19(18)24/h3-13H,1-2H3,(H,26,28). The molecular formula is C23H18BrIN2O3. The highest BCUT2D eigenvalue weighted by molar-refractivity contribution is 14.1. The molecule has 0 unspecified atom stereocenters. The maximum absolute atomic E-state index is 12.6. The normalized spacial score (nSPS) is 11.1. The van der Waals surface area contributed by atoms with Crippen LogP contribution in [0.1, 0.15) is 24.2 Å². The van der Waals surface area contributed by atoms with Crippen LogP contribution >= 0.6 is 38.5 Å². The Bertz CT molecular complexity index is 1220. The summed E-state index contributed by atoms with van der Waals surface area (Å²) in [6, 6.07) is 18.5. The Morgan fingerprint density at radius 1 is 1.10 bits per heavy atom. The summed E-state index contributed by atoms with van der Waals surface area (Å²) in [4.78, 5) is 17.2. The third kappa shape index (κ3) is 4.67. The largest absolute Gasteiger partial charge is 0.491 e. The van der Waals surface area contributed by atoms with Crippen LogP contribution in [0.25, 0.3) is 22.6 Å². The van der Waals surface area contributed by atoms with E-state index in [4.69, 9.17) is 9.15 Å². The number of benzene rings is 3. The van der Waals surface area contributed by atoms with E-state index in [0.717, 1.165) is 19.4 Å². The Morgan fingerprint density at radius 3 is 2.60 bits per heavy atom. The van der Waals surface area contributed by atoms with Gasteiger partial charge in [0.25, 0.3) is 5.91 Å². The van der Waals surface area contributed by atoms with Crippen LogP contribution < -0.4 is 10.1 Å². The molecule has 1 N–H and O–H groups in total. The lowest BCUT2D eigenvalue weighted by Crippen LogP contribution is -2.12. The lowest BCUT2D eigenvalue weighted by atomic mass is 10.2. The second kappa shape index (κ2) is 8.77. The van der Waals surface area contributed by atoms with Gasteiger partial charge in [-0.1, -0.05) is 0 Å². The third-order valence-electron chi connectivity index (χ3n) is 4.29. The van der Waals surface area contributed by atoms with Gasteiger partial charge in [-0.3, -0.25) is 4.79 Å². The SMILES string of the molecule is CC(C)Oc1ccc(C(=O)Nc2ccc3oc(-c4cc(I)ccc4Br)nc3c2)cc1. The van der Waals surface area contributed by atoms with Crippen LogP contribution in [0.3, 0.4) is 0 Å². The molecule has 30 heavy (non-hydrogen) atoms. The predicted molar refractivity (Wildman–Crippen MR) is 130 cm³/mol. The molecule has 0 aliphatic heterocycles. The molecule has 3 aromatic carbocycles. The highest BCUT2D eigenvalue weighted by Gasteiger charge is 2.13. The molecule has 7 heteroatoms. The van der Waals surface area contributed by atoms with Crippen molar-refractivity contribution in [1.29, 1.82) is 0 Å². The predicted octanol–water partition coefficient (Wildman–Crippen LogP) is 6.90. The van der Waals surface area contributed by atoms with E-state index in [1.165, 1.54) is 0 Å². The fourth-order valence-corrected chi connectivity index (χ4v) is 3.85. The maximum atomic E-state index is 12.6. The number of hydrogen-bond acceptors (Lipinski definition) is 4. The van der Waals surface area contributed by atoms with E-state index in [9.17, 15) is 4.79 Å². The summed E-state index contributed by atoms with van der Waals surface area (Å²) in [5.74, 6) is 1.06. The van der Waals surface area contributed by atoms with Crippen LogP contribution in [0.5, 0.6) is 5.75 Å². The Hall–Kier alpha value is -2.39. The fraction of sp³-hybridized carbons (Fsp3) is 0.130. The molecule has 0 aliphatic carbocycles. The lowest BCUT2D eigenvalue weighted by molar-refractivity contribution is 0.102. The van der Waals surface area contributed by atoms with Crippen LogP contribution in [0, 0.1) is 3.57 Å². The van der Waals surface area contributed by atoms with Gasteiger partial charge in [-0.2, -0.15) is 0 Å². The van der Waals surface area contributed by atoms with Gasteiger partial charge in [0, 0.05) is 19.3 Å². The zero-order valence-electron chi connectivity index (χ0n) is 16.3. The van der Waals surface area contributed by atoms with Gasteiger partial charge in [0.15, 0.2) is 5.58 Å². The van der Waals surface area contributed by atoms with Gasteiger partial charge >= 0.3 is 0 Å². The number of anilines is 1. The molecule has 0 radical (unpaired) electrons. The van der Waals surface area contributed by atoms with Crippen LogP contribution in [0.4, 0.5) is 5.69 Å². The van der Waals surface area contributed by atoms with Gasteiger partial charge in [0.2, 0.25) is 5.89 Å². The molecule has 5 nitrogen and oxygen atoms in total. The van der Waals surface area contributed by atoms with Crippen LogP contribution in [0.15, 0.2) is 69.6 Å². The molecule has 0 saturated heterocycles. The van der Waals surface area contributed by atoms with Crippen molar-refractivity contribution in [3.63, 3.8) is 0 Å². The Kier molecular flexibility index (Phi) is 6.10. The van der Waals surface area contributed by atoms with Gasteiger partial charge in [0.05, 0.1) is 11.7 Å². The second-order valence-electron chi connectivity index (χ2n) is 6.97.